The second-order valence-corrected chi connectivity index (χ2v) is 7.83. The van der Waals surface area contributed by atoms with Crippen LogP contribution in [0.5, 0.6) is 0 Å². The lowest BCUT2D eigenvalue weighted by Crippen LogP contribution is -2.46. The molecule has 10 nitrogen and oxygen atoms in total. The quantitative estimate of drug-likeness (QED) is 0.433. The van der Waals surface area contributed by atoms with E-state index in [2.05, 4.69) is 30.6 Å². The molecular formula is C19H13F6N9O. The van der Waals surface area contributed by atoms with Gasteiger partial charge < -0.3 is 5.32 Å². The fourth-order valence-corrected chi connectivity index (χ4v) is 3.88. The molecule has 0 unspecified atom stereocenters. The molecule has 182 valence electrons. The normalized spacial score (nSPS) is 17.9. The number of carbonyl (C=O) groups is 1. The number of amides is 2. The highest BCUT2D eigenvalue weighted by Crippen LogP contribution is 2.49. The largest absolute Gasteiger partial charge is 0.401 e. The van der Waals surface area contributed by atoms with Crippen LogP contribution >= 0.6 is 0 Å². The lowest BCUT2D eigenvalue weighted by atomic mass is 9.88. The second-order valence-electron chi connectivity index (χ2n) is 7.83. The molecule has 5 rings (SSSR count). The zero-order valence-corrected chi connectivity index (χ0v) is 17.5. The van der Waals surface area contributed by atoms with E-state index in [1.54, 1.807) is 0 Å². The summed E-state index contributed by atoms with van der Waals surface area (Å²) in [6.07, 6.45) is -3.33. The van der Waals surface area contributed by atoms with Crippen LogP contribution in [0.3, 0.4) is 0 Å². The summed E-state index contributed by atoms with van der Waals surface area (Å²) in [4.78, 5) is 22.3. The topological polar surface area (TPSA) is 106 Å². The van der Waals surface area contributed by atoms with Gasteiger partial charge in [-0.15, -0.1) is 9.90 Å². The van der Waals surface area contributed by atoms with Crippen molar-refractivity contribution in [3.05, 3.63) is 54.1 Å². The molecule has 5 heterocycles. The highest BCUT2D eigenvalue weighted by Gasteiger charge is 2.60. The number of hydrogen-bond donors (Lipinski definition) is 1. The van der Waals surface area contributed by atoms with E-state index in [9.17, 15) is 31.1 Å². The van der Waals surface area contributed by atoms with Gasteiger partial charge in [0.15, 0.2) is 11.5 Å². The number of rotatable bonds is 3. The summed E-state index contributed by atoms with van der Waals surface area (Å²) < 4.78 is 84.0. The van der Waals surface area contributed by atoms with Gasteiger partial charge in [0.25, 0.3) is 6.43 Å². The first-order chi connectivity index (χ1) is 16.5. The number of urea groups is 1. The number of nitrogens with zero attached hydrogens (tertiary/aromatic N) is 8. The van der Waals surface area contributed by atoms with Crippen molar-refractivity contribution >= 4 is 23.1 Å². The maximum Gasteiger partial charge on any atom is 0.401 e. The van der Waals surface area contributed by atoms with E-state index >= 15 is 0 Å². The summed E-state index contributed by atoms with van der Waals surface area (Å²) in [5, 5.41) is 13.2. The molecule has 0 fully saturated rings. The molecule has 0 bridgehead atoms. The van der Waals surface area contributed by atoms with Crippen LogP contribution in [0.15, 0.2) is 36.9 Å². The van der Waals surface area contributed by atoms with E-state index in [0.29, 0.717) is 4.52 Å². The first-order valence-corrected chi connectivity index (χ1v) is 9.84. The van der Waals surface area contributed by atoms with Crippen molar-refractivity contribution in [2.24, 2.45) is 0 Å². The third-order valence-electron chi connectivity index (χ3n) is 5.58. The van der Waals surface area contributed by atoms with Crippen LogP contribution in [0.2, 0.25) is 0 Å². The number of aromatic nitrogens is 7. The highest BCUT2D eigenvalue weighted by molar-refractivity contribution is 6.03. The number of anilines is 2. The molecule has 0 saturated heterocycles. The van der Waals surface area contributed by atoms with Crippen LogP contribution in [-0.2, 0) is 5.41 Å². The van der Waals surface area contributed by atoms with E-state index in [1.807, 2.05) is 0 Å². The zero-order valence-electron chi connectivity index (χ0n) is 17.5. The Balaban J connectivity index is 1.53. The Kier molecular flexibility index (Phi) is 4.92. The number of hydrogen-bond acceptors (Lipinski definition) is 6. The lowest BCUT2D eigenvalue weighted by molar-refractivity contribution is -0.181. The predicted molar refractivity (Wildman–Crippen MR) is 107 cm³/mol. The van der Waals surface area contributed by atoms with Crippen molar-refractivity contribution < 1.29 is 31.1 Å². The van der Waals surface area contributed by atoms with Gasteiger partial charge in [-0.1, -0.05) is 0 Å². The first kappa shape index (κ1) is 22.5. The van der Waals surface area contributed by atoms with Gasteiger partial charge in [-0.2, -0.15) is 27.8 Å². The molecule has 1 aliphatic heterocycles. The zero-order chi connectivity index (χ0) is 25.1. The summed E-state index contributed by atoms with van der Waals surface area (Å²) in [5.74, 6) is -1.33. The van der Waals surface area contributed by atoms with Crippen LogP contribution < -0.4 is 10.2 Å². The molecule has 1 aliphatic rings. The summed E-state index contributed by atoms with van der Waals surface area (Å²) in [7, 11) is 0. The number of fused-ring (bicyclic) bond motifs is 3. The van der Waals surface area contributed by atoms with Crippen LogP contribution in [0.4, 0.5) is 42.5 Å². The molecule has 4 aromatic rings. The average Bonchev–Trinajstić information content (AvgIpc) is 3.50. The van der Waals surface area contributed by atoms with Crippen LogP contribution in [0.1, 0.15) is 24.6 Å². The monoisotopic (exact) mass is 497 g/mol. The maximum atomic E-state index is 14.1. The minimum atomic E-state index is -4.85. The van der Waals surface area contributed by atoms with Gasteiger partial charge in [-0.25, -0.2) is 28.1 Å². The maximum absolute atomic E-state index is 14.1. The molecule has 2 amide bonds. The lowest BCUT2D eigenvalue weighted by Gasteiger charge is -2.28. The summed E-state index contributed by atoms with van der Waals surface area (Å²) in [6.45, 7) is -0.0369. The highest BCUT2D eigenvalue weighted by atomic mass is 19.4. The molecular weight excluding hydrogens is 484 g/mol. The van der Waals surface area contributed by atoms with Gasteiger partial charge in [0.1, 0.15) is 5.41 Å². The number of pyridine rings is 1. The summed E-state index contributed by atoms with van der Waals surface area (Å²) in [5.41, 5.74) is -4.37. The standard InChI is InChI=1S/C19H13F6N9O/c1-18(19(23,24)25)8-32(11-7-26-13-5-12(20)31-33(13)14(11)18)17(35)30-9-4-10(15(21)22)16(27-6-9)34-28-2-3-29-34/h2-7,15H,8H2,1H3,(H,30,35)/t18-/m0/s1. The van der Waals surface area contributed by atoms with Crippen molar-refractivity contribution in [1.82, 2.24) is 34.6 Å². The predicted octanol–water partition coefficient (Wildman–Crippen LogP) is 3.65. The summed E-state index contributed by atoms with van der Waals surface area (Å²) in [6, 6.07) is 0.700. The van der Waals surface area contributed by atoms with Crippen LogP contribution in [-0.4, -0.2) is 53.3 Å². The van der Waals surface area contributed by atoms with Gasteiger partial charge in [-0.3, -0.25) is 4.90 Å². The molecule has 16 heteroatoms. The molecule has 35 heavy (non-hydrogen) atoms. The van der Waals surface area contributed by atoms with Gasteiger partial charge in [0.05, 0.1) is 47.4 Å². The van der Waals surface area contributed by atoms with E-state index < -0.39 is 47.8 Å². The Bertz CT molecular complexity index is 1430. The Hall–Kier alpha value is -4.24. The third kappa shape index (κ3) is 3.52. The Morgan fingerprint density at radius 3 is 2.51 bits per heavy atom. The van der Waals surface area contributed by atoms with E-state index in [1.165, 1.54) is 12.4 Å². The Morgan fingerprint density at radius 2 is 1.86 bits per heavy atom. The molecule has 0 aromatic carbocycles. The van der Waals surface area contributed by atoms with Crippen molar-refractivity contribution in [3.63, 3.8) is 0 Å². The van der Waals surface area contributed by atoms with Gasteiger partial charge in [0.2, 0.25) is 5.95 Å². The number of carbonyl (C=O) groups excluding carboxylic acids is 1. The van der Waals surface area contributed by atoms with Gasteiger partial charge >= 0.3 is 12.2 Å². The van der Waals surface area contributed by atoms with Crippen molar-refractivity contribution in [3.8, 4) is 5.82 Å². The fraction of sp³-hybridized carbons (Fsp3) is 0.263. The van der Waals surface area contributed by atoms with Crippen LogP contribution in [0, 0.1) is 5.95 Å². The molecule has 1 atom stereocenters. The molecule has 0 aliphatic carbocycles. The number of halogens is 6. The van der Waals surface area contributed by atoms with Crippen molar-refractivity contribution in [2.75, 3.05) is 16.8 Å². The minimum Gasteiger partial charge on any atom is -0.306 e. The molecule has 0 saturated carbocycles. The van der Waals surface area contributed by atoms with E-state index in [0.717, 1.165) is 41.1 Å². The van der Waals surface area contributed by atoms with Crippen molar-refractivity contribution in [1.29, 1.82) is 0 Å². The van der Waals surface area contributed by atoms with E-state index in [4.69, 9.17) is 0 Å². The fourth-order valence-electron chi connectivity index (χ4n) is 3.88. The van der Waals surface area contributed by atoms with Gasteiger partial charge in [-0.05, 0) is 13.0 Å². The van der Waals surface area contributed by atoms with Crippen molar-refractivity contribution in [2.45, 2.75) is 24.9 Å². The second kappa shape index (κ2) is 7.64. The SMILES string of the molecule is C[C@]1(C(F)(F)F)CN(C(=O)Nc2cnc(-n3nccn3)c(C(F)F)c2)c2cnc3cc(F)nn3c21. The molecule has 1 N–H and O–H groups in total. The van der Waals surface area contributed by atoms with Crippen LogP contribution in [0.25, 0.3) is 11.5 Å². The molecule has 0 spiro atoms. The number of nitrogens with one attached hydrogen (secondary N) is 1. The minimum absolute atomic E-state index is 0.174. The Labute approximate surface area is 191 Å². The Morgan fingerprint density at radius 1 is 1.14 bits per heavy atom. The number of alkyl halides is 5. The van der Waals surface area contributed by atoms with Gasteiger partial charge in [0, 0.05) is 12.6 Å². The summed E-state index contributed by atoms with van der Waals surface area (Å²) >= 11 is 0. The average molecular weight is 497 g/mol. The first-order valence-electron chi connectivity index (χ1n) is 9.84. The third-order valence-corrected chi connectivity index (χ3v) is 5.58. The van der Waals surface area contributed by atoms with E-state index in [-0.39, 0.29) is 22.8 Å². The smallest absolute Gasteiger partial charge is 0.306 e. The molecule has 4 aromatic heterocycles. The molecule has 0 radical (unpaired) electrons.